The van der Waals surface area contributed by atoms with E-state index in [4.69, 9.17) is 4.98 Å². The van der Waals surface area contributed by atoms with Gasteiger partial charge in [0.15, 0.2) is 0 Å². The lowest BCUT2D eigenvalue weighted by atomic mass is 10.1. The maximum absolute atomic E-state index is 11.8. The zero-order chi connectivity index (χ0) is 25.1. The second kappa shape index (κ2) is 10.2. The van der Waals surface area contributed by atoms with E-state index < -0.39 is 10.0 Å². The number of hydrogen-bond acceptors (Lipinski definition) is 7. The van der Waals surface area contributed by atoms with Gasteiger partial charge in [-0.15, -0.1) is 0 Å². The number of anilines is 2. The highest BCUT2D eigenvalue weighted by molar-refractivity contribution is 7.88. The fourth-order valence-corrected chi connectivity index (χ4v) is 5.29. The van der Waals surface area contributed by atoms with Crippen LogP contribution in [0.2, 0.25) is 0 Å². The monoisotopic (exact) mass is 503 g/mol. The van der Waals surface area contributed by atoms with Gasteiger partial charge in [-0.1, -0.05) is 24.3 Å². The lowest BCUT2D eigenvalue weighted by Gasteiger charge is -2.33. The molecule has 0 amide bonds. The van der Waals surface area contributed by atoms with Crippen molar-refractivity contribution in [2.24, 2.45) is 0 Å². The fourth-order valence-electron chi connectivity index (χ4n) is 4.47. The Bertz CT molecular complexity index is 1450. The second-order valence-electron chi connectivity index (χ2n) is 9.00. The lowest BCUT2D eigenvalue weighted by molar-refractivity contribution is 0.182. The van der Waals surface area contributed by atoms with Crippen molar-refractivity contribution in [1.82, 2.24) is 29.0 Å². The predicted molar refractivity (Wildman–Crippen MR) is 141 cm³/mol. The first-order valence-electron chi connectivity index (χ1n) is 11.8. The summed E-state index contributed by atoms with van der Waals surface area (Å²) in [5.41, 5.74) is 5.81. The minimum absolute atomic E-state index is 0.506. The van der Waals surface area contributed by atoms with Gasteiger partial charge in [-0.3, -0.25) is 4.90 Å². The van der Waals surface area contributed by atoms with Crippen LogP contribution in [0.5, 0.6) is 0 Å². The van der Waals surface area contributed by atoms with Crippen LogP contribution in [-0.4, -0.2) is 69.8 Å². The van der Waals surface area contributed by atoms with Gasteiger partial charge in [-0.25, -0.2) is 23.1 Å². The first kappa shape index (κ1) is 24.1. The SMILES string of the molecule is Cc1cc(CN2CCN(S(C)(=O)=O)CC2)cc(Nc2nccc(-c3ccnn3-c3ccccc3)n2)c1. The molecule has 10 heteroatoms. The highest BCUT2D eigenvalue weighted by Gasteiger charge is 2.23. The molecule has 3 heterocycles. The zero-order valence-electron chi connectivity index (χ0n) is 20.4. The van der Waals surface area contributed by atoms with Gasteiger partial charge in [0.2, 0.25) is 16.0 Å². The van der Waals surface area contributed by atoms with E-state index in [1.165, 1.54) is 6.26 Å². The Kier molecular flexibility index (Phi) is 6.82. The maximum Gasteiger partial charge on any atom is 0.227 e. The molecule has 9 nitrogen and oxygen atoms in total. The highest BCUT2D eigenvalue weighted by Crippen LogP contribution is 2.24. The zero-order valence-corrected chi connectivity index (χ0v) is 21.2. The van der Waals surface area contributed by atoms with E-state index in [1.807, 2.05) is 47.1 Å². The molecule has 2 aromatic heterocycles. The molecule has 36 heavy (non-hydrogen) atoms. The fraction of sp³-hybridized carbons (Fsp3) is 0.269. The molecule has 4 aromatic rings. The molecule has 1 aliphatic heterocycles. The first-order chi connectivity index (χ1) is 17.3. The van der Waals surface area contributed by atoms with Crippen molar-refractivity contribution in [2.45, 2.75) is 13.5 Å². The van der Waals surface area contributed by atoms with E-state index in [1.54, 1.807) is 16.7 Å². The molecule has 1 fully saturated rings. The molecule has 0 spiro atoms. The summed E-state index contributed by atoms with van der Waals surface area (Å²) in [6.07, 6.45) is 4.78. The quantitative estimate of drug-likeness (QED) is 0.413. The topological polar surface area (TPSA) is 96.3 Å². The molecule has 0 aliphatic carbocycles. The third kappa shape index (κ3) is 5.62. The molecule has 0 bridgehead atoms. The van der Waals surface area contributed by atoms with Crippen molar-refractivity contribution in [3.8, 4) is 17.1 Å². The molecular weight excluding hydrogens is 474 g/mol. The van der Waals surface area contributed by atoms with Crippen molar-refractivity contribution in [1.29, 1.82) is 0 Å². The van der Waals surface area contributed by atoms with E-state index >= 15 is 0 Å². The molecular formula is C26H29N7O2S. The summed E-state index contributed by atoms with van der Waals surface area (Å²) in [5.74, 6) is 0.506. The molecule has 186 valence electrons. The lowest BCUT2D eigenvalue weighted by Crippen LogP contribution is -2.47. The van der Waals surface area contributed by atoms with Crippen LogP contribution in [0.3, 0.4) is 0 Å². The highest BCUT2D eigenvalue weighted by atomic mass is 32.2. The summed E-state index contributed by atoms with van der Waals surface area (Å²) < 4.78 is 27.0. The third-order valence-corrected chi connectivity index (χ3v) is 7.46. The average Bonchev–Trinajstić information content (AvgIpc) is 3.34. The number of hydrogen-bond donors (Lipinski definition) is 1. The summed E-state index contributed by atoms with van der Waals surface area (Å²) in [6.45, 7) is 5.29. The van der Waals surface area contributed by atoms with Gasteiger partial charge in [0.1, 0.15) is 0 Å². The number of aromatic nitrogens is 4. The molecule has 0 unspecified atom stereocenters. The largest absolute Gasteiger partial charge is 0.324 e. The minimum Gasteiger partial charge on any atom is -0.324 e. The Balaban J connectivity index is 1.31. The van der Waals surface area contributed by atoms with Gasteiger partial charge < -0.3 is 5.32 Å². The molecule has 0 saturated carbocycles. The van der Waals surface area contributed by atoms with Crippen molar-refractivity contribution < 1.29 is 8.42 Å². The van der Waals surface area contributed by atoms with Gasteiger partial charge in [0, 0.05) is 44.6 Å². The van der Waals surface area contributed by atoms with Crippen LogP contribution in [0.25, 0.3) is 17.1 Å². The molecule has 0 radical (unpaired) electrons. The standard InChI is InChI=1S/C26H29N7O2S/c1-20-16-21(19-31-12-14-32(15-13-31)36(2,34)35)18-22(17-20)29-26-27-10-8-24(30-26)25-9-11-28-33(25)23-6-4-3-5-7-23/h3-11,16-18H,12-15,19H2,1-2H3,(H,27,29,30). The Hall–Kier alpha value is -3.60. The number of piperazine rings is 1. The van der Waals surface area contributed by atoms with Crippen LogP contribution in [0.15, 0.2) is 73.1 Å². The van der Waals surface area contributed by atoms with Crippen LogP contribution < -0.4 is 5.32 Å². The first-order valence-corrected chi connectivity index (χ1v) is 13.7. The Morgan fingerprint density at radius 2 is 1.72 bits per heavy atom. The van der Waals surface area contributed by atoms with Gasteiger partial charge in [0.05, 0.1) is 29.5 Å². The number of sulfonamides is 1. The molecule has 1 aliphatic rings. The number of benzene rings is 2. The summed E-state index contributed by atoms with van der Waals surface area (Å²) >= 11 is 0. The van der Waals surface area contributed by atoms with Crippen LogP contribution in [-0.2, 0) is 16.6 Å². The van der Waals surface area contributed by atoms with Crippen LogP contribution in [0, 0.1) is 6.92 Å². The van der Waals surface area contributed by atoms with E-state index in [-0.39, 0.29) is 0 Å². The Labute approximate surface area is 211 Å². The van der Waals surface area contributed by atoms with Crippen LogP contribution in [0.4, 0.5) is 11.6 Å². The minimum atomic E-state index is -3.13. The normalized spacial score (nSPS) is 15.2. The van der Waals surface area contributed by atoms with Gasteiger partial charge in [-0.2, -0.15) is 9.40 Å². The summed E-state index contributed by atoms with van der Waals surface area (Å²) in [4.78, 5) is 11.5. The predicted octanol–water partition coefficient (Wildman–Crippen LogP) is 3.46. The van der Waals surface area contributed by atoms with E-state index in [0.717, 1.165) is 40.4 Å². The van der Waals surface area contributed by atoms with Crippen LogP contribution >= 0.6 is 0 Å². The van der Waals surface area contributed by atoms with E-state index in [9.17, 15) is 8.42 Å². The number of rotatable bonds is 7. The average molecular weight is 504 g/mol. The van der Waals surface area contributed by atoms with Crippen molar-refractivity contribution in [3.05, 3.63) is 84.2 Å². The van der Waals surface area contributed by atoms with E-state index in [0.29, 0.717) is 32.1 Å². The molecule has 2 aromatic carbocycles. The maximum atomic E-state index is 11.8. The van der Waals surface area contributed by atoms with Gasteiger partial charge in [-0.05, 0) is 54.4 Å². The molecule has 1 saturated heterocycles. The van der Waals surface area contributed by atoms with Crippen molar-refractivity contribution >= 4 is 21.7 Å². The Morgan fingerprint density at radius 3 is 2.47 bits per heavy atom. The Morgan fingerprint density at radius 1 is 0.944 bits per heavy atom. The number of nitrogens with one attached hydrogen (secondary N) is 1. The summed E-state index contributed by atoms with van der Waals surface area (Å²) in [5, 5.41) is 7.82. The number of nitrogens with zero attached hydrogens (tertiary/aromatic N) is 6. The number of para-hydroxylation sites is 1. The second-order valence-corrected chi connectivity index (χ2v) is 11.0. The third-order valence-electron chi connectivity index (χ3n) is 6.16. The van der Waals surface area contributed by atoms with E-state index in [2.05, 4.69) is 45.4 Å². The van der Waals surface area contributed by atoms with Gasteiger partial charge in [0.25, 0.3) is 0 Å². The van der Waals surface area contributed by atoms with Crippen molar-refractivity contribution in [3.63, 3.8) is 0 Å². The van der Waals surface area contributed by atoms with Crippen molar-refractivity contribution in [2.75, 3.05) is 37.8 Å². The molecule has 5 rings (SSSR count). The number of aryl methyl sites for hydroxylation is 1. The smallest absolute Gasteiger partial charge is 0.227 e. The summed E-state index contributed by atoms with van der Waals surface area (Å²) in [6, 6.07) is 20.1. The summed E-state index contributed by atoms with van der Waals surface area (Å²) in [7, 11) is -3.13. The van der Waals surface area contributed by atoms with Gasteiger partial charge >= 0.3 is 0 Å². The molecule has 1 N–H and O–H groups in total. The molecule has 0 atom stereocenters. The van der Waals surface area contributed by atoms with Crippen LogP contribution in [0.1, 0.15) is 11.1 Å².